The molecule has 0 spiro atoms. The summed E-state index contributed by atoms with van der Waals surface area (Å²) in [6, 6.07) is 8.56. The van der Waals surface area contributed by atoms with E-state index in [-0.39, 0.29) is 12.7 Å². The fourth-order valence-corrected chi connectivity index (χ4v) is 5.39. The molecule has 1 aromatic heterocycles. The van der Waals surface area contributed by atoms with Crippen LogP contribution in [0.5, 0.6) is 11.6 Å². The van der Waals surface area contributed by atoms with Gasteiger partial charge in [-0.05, 0) is 71.7 Å². The third-order valence-electron chi connectivity index (χ3n) is 6.82. The van der Waals surface area contributed by atoms with Gasteiger partial charge in [-0.1, -0.05) is 11.6 Å². The number of carbonyl (C=O) groups is 1. The molecule has 0 radical (unpaired) electrons. The predicted octanol–water partition coefficient (Wildman–Crippen LogP) is 5.82. The summed E-state index contributed by atoms with van der Waals surface area (Å²) in [5, 5.41) is 8.96. The van der Waals surface area contributed by atoms with Crippen molar-refractivity contribution in [1.29, 1.82) is 0 Å². The first-order valence-corrected chi connectivity index (χ1v) is 12.3. The van der Waals surface area contributed by atoms with Crippen molar-refractivity contribution in [2.45, 2.75) is 82.8 Å². The Bertz CT molecular complexity index is 1110. The maximum Gasteiger partial charge on any atom is 0.411 e. The van der Waals surface area contributed by atoms with Crippen LogP contribution in [0, 0.1) is 0 Å². The fourth-order valence-electron chi connectivity index (χ4n) is 5.22. The van der Waals surface area contributed by atoms with Crippen LogP contribution >= 0.6 is 11.6 Å². The topological polar surface area (TPSA) is 83.0 Å². The monoisotopic (exact) mass is 521 g/mol. The molecular formula is C26H33ClFN3O5. The van der Waals surface area contributed by atoms with Crippen LogP contribution in [0.25, 0.3) is 11.3 Å². The lowest BCUT2D eigenvalue weighted by atomic mass is 9.82. The molecular weight excluding hydrogens is 489 g/mol. The maximum atomic E-state index is 15.9. The van der Waals surface area contributed by atoms with E-state index in [1.54, 1.807) is 62.9 Å². The minimum atomic E-state index is -1.42. The van der Waals surface area contributed by atoms with Gasteiger partial charge in [-0.2, -0.15) is 0 Å². The molecule has 196 valence electrons. The molecule has 36 heavy (non-hydrogen) atoms. The van der Waals surface area contributed by atoms with Crippen LogP contribution in [0.2, 0.25) is 5.02 Å². The highest BCUT2D eigenvalue weighted by Gasteiger charge is 2.64. The molecule has 8 nitrogen and oxygen atoms in total. The number of benzene rings is 1. The Hall–Kier alpha value is -2.65. The number of fused-ring (bicyclic) bond motifs is 2. The highest BCUT2D eigenvalue weighted by atomic mass is 35.5. The summed E-state index contributed by atoms with van der Waals surface area (Å²) >= 11 is 6.10. The van der Waals surface area contributed by atoms with Crippen molar-refractivity contribution in [3.8, 4) is 22.9 Å². The Labute approximate surface area is 216 Å². The molecule has 2 aromatic rings. The van der Waals surface area contributed by atoms with Gasteiger partial charge in [0.15, 0.2) is 13.0 Å². The average Bonchev–Trinajstić information content (AvgIpc) is 3.02. The first-order valence-electron chi connectivity index (χ1n) is 12.0. The van der Waals surface area contributed by atoms with E-state index in [1.165, 1.54) is 7.11 Å². The van der Waals surface area contributed by atoms with E-state index in [4.69, 9.17) is 30.5 Å². The Kier molecular flexibility index (Phi) is 7.09. The number of methoxy groups -OCH3 is 1. The number of aromatic nitrogens is 2. The summed E-state index contributed by atoms with van der Waals surface area (Å²) in [6.07, 6.45) is -1.20. The number of hydrogen-bond donors (Lipinski definition) is 0. The smallest absolute Gasteiger partial charge is 0.411 e. The number of nitrogens with zero attached hydrogens (tertiary/aromatic N) is 3. The van der Waals surface area contributed by atoms with E-state index in [2.05, 4.69) is 10.2 Å². The molecule has 2 saturated heterocycles. The van der Waals surface area contributed by atoms with Gasteiger partial charge in [-0.15, -0.1) is 10.2 Å². The molecule has 4 rings (SSSR count). The Morgan fingerprint density at radius 3 is 2.58 bits per heavy atom. The van der Waals surface area contributed by atoms with Crippen molar-refractivity contribution in [2.24, 2.45) is 0 Å². The summed E-state index contributed by atoms with van der Waals surface area (Å²) < 4.78 is 38.1. The zero-order valence-corrected chi connectivity index (χ0v) is 22.3. The molecule has 2 fully saturated rings. The lowest BCUT2D eigenvalue weighted by Crippen LogP contribution is -2.67. The third-order valence-corrected chi connectivity index (χ3v) is 7.06. The Morgan fingerprint density at radius 1 is 1.19 bits per heavy atom. The van der Waals surface area contributed by atoms with Crippen LogP contribution in [0.3, 0.4) is 0 Å². The number of alkyl halides is 1. The minimum absolute atomic E-state index is 0.0549. The summed E-state index contributed by atoms with van der Waals surface area (Å²) in [7, 11) is 1.53. The summed E-state index contributed by atoms with van der Waals surface area (Å²) in [6.45, 7) is 9.19. The Morgan fingerprint density at radius 2 is 1.94 bits per heavy atom. The van der Waals surface area contributed by atoms with Gasteiger partial charge in [0.1, 0.15) is 17.5 Å². The van der Waals surface area contributed by atoms with E-state index in [0.717, 1.165) is 0 Å². The lowest BCUT2D eigenvalue weighted by Gasteiger charge is -2.51. The summed E-state index contributed by atoms with van der Waals surface area (Å²) in [4.78, 5) is 14.6. The molecule has 1 amide bonds. The molecule has 0 saturated carbocycles. The van der Waals surface area contributed by atoms with Crippen molar-refractivity contribution >= 4 is 17.7 Å². The van der Waals surface area contributed by atoms with E-state index in [0.29, 0.717) is 41.3 Å². The van der Waals surface area contributed by atoms with Gasteiger partial charge >= 0.3 is 6.09 Å². The van der Waals surface area contributed by atoms with Gasteiger partial charge < -0.3 is 18.9 Å². The highest BCUT2D eigenvalue weighted by Crippen LogP contribution is 2.52. The first-order chi connectivity index (χ1) is 16.9. The summed E-state index contributed by atoms with van der Waals surface area (Å²) in [5.41, 5.74) is -1.07. The van der Waals surface area contributed by atoms with Crippen LogP contribution in [0.15, 0.2) is 30.3 Å². The standard InChI is InChI=1S/C26H33ClFN3O5/c1-24(2,3)36-23(32)31-25(4)11-12-26(31,5)22(28)20(14-25)35-21-10-9-18(29-30-21)17-8-7-16(27)13-19(17)34-15-33-6/h7-10,13,20,22H,11-12,14-15H2,1-6H3/t20-,22-,25-,26+/m1/s1. The predicted molar refractivity (Wildman–Crippen MR) is 133 cm³/mol. The lowest BCUT2D eigenvalue weighted by molar-refractivity contribution is -0.101. The molecule has 1 aromatic carbocycles. The minimum Gasteiger partial charge on any atom is -0.470 e. The van der Waals surface area contributed by atoms with E-state index in [1.807, 2.05) is 6.92 Å². The number of hydrogen-bond acceptors (Lipinski definition) is 7. The quantitative estimate of drug-likeness (QED) is 0.443. The molecule has 2 aliphatic rings. The molecule has 10 heteroatoms. The van der Waals surface area contributed by atoms with Gasteiger partial charge in [0, 0.05) is 35.7 Å². The fraction of sp³-hybridized carbons (Fsp3) is 0.577. The second-order valence-corrected chi connectivity index (χ2v) is 11.3. The van der Waals surface area contributed by atoms with E-state index < -0.39 is 35.0 Å². The zero-order valence-electron chi connectivity index (χ0n) is 21.5. The average molecular weight is 522 g/mol. The molecule has 4 atom stereocenters. The SMILES string of the molecule is COCOc1cc(Cl)ccc1-c1ccc(O[C@@H]2C[C@@]3(C)CC[C@@](C)([C@@H]2F)N3C(=O)OC(C)(C)C)nn1. The first kappa shape index (κ1) is 26.4. The normalized spacial score (nSPS) is 27.6. The van der Waals surface area contributed by atoms with Gasteiger partial charge in [-0.3, -0.25) is 4.90 Å². The Balaban J connectivity index is 1.52. The van der Waals surface area contributed by atoms with Crippen molar-refractivity contribution in [1.82, 2.24) is 15.1 Å². The number of amides is 1. The van der Waals surface area contributed by atoms with Gasteiger partial charge in [0.25, 0.3) is 0 Å². The van der Waals surface area contributed by atoms with E-state index >= 15 is 4.39 Å². The molecule has 0 unspecified atom stereocenters. The highest BCUT2D eigenvalue weighted by molar-refractivity contribution is 6.30. The third kappa shape index (κ3) is 5.09. The van der Waals surface area contributed by atoms with Crippen molar-refractivity contribution in [2.75, 3.05) is 13.9 Å². The van der Waals surface area contributed by atoms with E-state index in [9.17, 15) is 4.79 Å². The number of carbonyl (C=O) groups excluding carboxylic acids is 1. The van der Waals surface area contributed by atoms with Crippen LogP contribution in [-0.4, -0.2) is 64.0 Å². The second kappa shape index (κ2) is 9.67. The number of ether oxygens (including phenoxy) is 4. The van der Waals surface area contributed by atoms with Gasteiger partial charge in [0.05, 0.1) is 11.2 Å². The van der Waals surface area contributed by atoms with Crippen LogP contribution in [0.1, 0.15) is 53.9 Å². The largest absolute Gasteiger partial charge is 0.470 e. The molecule has 2 aliphatic heterocycles. The van der Waals surface area contributed by atoms with Crippen molar-refractivity contribution < 1.29 is 28.1 Å². The van der Waals surface area contributed by atoms with Crippen LogP contribution in [-0.2, 0) is 9.47 Å². The van der Waals surface area contributed by atoms with Gasteiger partial charge in [0.2, 0.25) is 5.88 Å². The molecule has 2 bridgehead atoms. The molecule has 0 N–H and O–H groups in total. The van der Waals surface area contributed by atoms with Crippen molar-refractivity contribution in [3.63, 3.8) is 0 Å². The number of rotatable bonds is 6. The van der Waals surface area contributed by atoms with Crippen molar-refractivity contribution in [3.05, 3.63) is 35.4 Å². The molecule has 3 heterocycles. The summed E-state index contributed by atoms with van der Waals surface area (Å²) in [5.74, 6) is 0.708. The molecule has 0 aliphatic carbocycles. The zero-order chi connectivity index (χ0) is 26.3. The van der Waals surface area contributed by atoms with Crippen LogP contribution in [0.4, 0.5) is 9.18 Å². The number of piperidine rings is 1. The maximum absolute atomic E-state index is 15.9. The van der Waals surface area contributed by atoms with Crippen LogP contribution < -0.4 is 9.47 Å². The van der Waals surface area contributed by atoms with Gasteiger partial charge in [-0.25, -0.2) is 9.18 Å². The second-order valence-electron chi connectivity index (χ2n) is 10.9. The number of halogens is 2.